The van der Waals surface area contributed by atoms with Gasteiger partial charge in [-0.15, -0.1) is 0 Å². The van der Waals surface area contributed by atoms with Gasteiger partial charge in [-0.3, -0.25) is 0 Å². The van der Waals surface area contributed by atoms with Gasteiger partial charge in [0.2, 0.25) is 0 Å². The minimum Gasteiger partial charge on any atom is -0.497 e. The first-order chi connectivity index (χ1) is 19.2. The fraction of sp³-hybridized carbons (Fsp3) is 0.571. The summed E-state index contributed by atoms with van der Waals surface area (Å²) in [5.74, 6) is 2.19. The van der Waals surface area contributed by atoms with Crippen LogP contribution in [-0.2, 0) is 0 Å². The molecule has 0 aliphatic carbocycles. The molecule has 0 N–H and O–H groups in total. The number of nitriles is 1. The molecule has 4 heteroatoms. The summed E-state index contributed by atoms with van der Waals surface area (Å²) in [6, 6.07) is 15.6. The van der Waals surface area contributed by atoms with Crippen LogP contribution in [0, 0.1) is 11.3 Å². The van der Waals surface area contributed by atoms with Crippen molar-refractivity contribution < 1.29 is 14.2 Å². The number of nitrogens with zero attached hydrogens (tertiary/aromatic N) is 1. The number of unbranched alkanes of at least 4 members (excludes halogenated alkanes) is 15. The summed E-state index contributed by atoms with van der Waals surface area (Å²) in [5, 5.41) is 9.75. The lowest BCUT2D eigenvalue weighted by molar-refractivity contribution is 0.304. The summed E-state index contributed by atoms with van der Waals surface area (Å²) < 4.78 is 16.7. The van der Waals surface area contributed by atoms with E-state index in [9.17, 15) is 5.26 Å². The van der Waals surface area contributed by atoms with Crippen molar-refractivity contribution in [2.75, 3.05) is 20.8 Å². The molecule has 0 heterocycles. The zero-order valence-electron chi connectivity index (χ0n) is 24.8. The van der Waals surface area contributed by atoms with Crippen LogP contribution in [0.25, 0.3) is 11.6 Å². The van der Waals surface area contributed by atoms with Gasteiger partial charge in [0.05, 0.1) is 32.5 Å². The first kappa shape index (κ1) is 32.3. The number of hydrogen-bond donors (Lipinski definition) is 0. The molecule has 0 spiro atoms. The highest BCUT2D eigenvalue weighted by molar-refractivity contribution is 5.92. The van der Waals surface area contributed by atoms with Crippen LogP contribution >= 0.6 is 0 Å². The first-order valence-electron chi connectivity index (χ1n) is 15.3. The molecule has 4 nitrogen and oxygen atoms in total. The van der Waals surface area contributed by atoms with E-state index in [0.717, 1.165) is 24.3 Å². The van der Waals surface area contributed by atoms with Crippen molar-refractivity contribution in [3.05, 3.63) is 53.6 Å². The number of rotatable bonds is 22. The highest BCUT2D eigenvalue weighted by Gasteiger charge is 2.10. The Morgan fingerprint density at radius 3 is 1.67 bits per heavy atom. The molecule has 2 rings (SSSR count). The maximum atomic E-state index is 9.75. The largest absolute Gasteiger partial charge is 0.497 e. The van der Waals surface area contributed by atoms with Crippen LogP contribution in [-0.4, -0.2) is 20.8 Å². The van der Waals surface area contributed by atoms with E-state index in [1.54, 1.807) is 14.2 Å². The maximum Gasteiger partial charge on any atom is 0.127 e. The lowest BCUT2D eigenvalue weighted by Crippen LogP contribution is -1.97. The third-order valence-corrected chi connectivity index (χ3v) is 7.27. The van der Waals surface area contributed by atoms with Crippen molar-refractivity contribution in [2.24, 2.45) is 0 Å². The average molecular weight is 534 g/mol. The van der Waals surface area contributed by atoms with Gasteiger partial charge in [0.15, 0.2) is 0 Å². The monoisotopic (exact) mass is 533 g/mol. The van der Waals surface area contributed by atoms with Crippen molar-refractivity contribution >= 4 is 11.6 Å². The van der Waals surface area contributed by atoms with Crippen molar-refractivity contribution in [3.8, 4) is 23.3 Å². The van der Waals surface area contributed by atoms with E-state index in [-0.39, 0.29) is 0 Å². The van der Waals surface area contributed by atoms with Crippen molar-refractivity contribution in [2.45, 2.75) is 110 Å². The van der Waals surface area contributed by atoms with Gasteiger partial charge in [0, 0.05) is 5.56 Å². The van der Waals surface area contributed by atoms with Gasteiger partial charge < -0.3 is 14.2 Å². The van der Waals surface area contributed by atoms with E-state index in [2.05, 4.69) is 13.0 Å². The molecule has 0 unspecified atom stereocenters. The Morgan fingerprint density at radius 1 is 0.667 bits per heavy atom. The molecule has 0 bridgehead atoms. The quantitative estimate of drug-likeness (QED) is 0.0858. The van der Waals surface area contributed by atoms with Gasteiger partial charge in [-0.25, -0.2) is 0 Å². The second kappa shape index (κ2) is 21.0. The average Bonchev–Trinajstić information content (AvgIpc) is 2.97. The molecule has 39 heavy (non-hydrogen) atoms. The zero-order chi connectivity index (χ0) is 28.0. The van der Waals surface area contributed by atoms with Crippen LogP contribution in [0.5, 0.6) is 17.2 Å². The summed E-state index contributed by atoms with van der Waals surface area (Å²) in [6.07, 6.45) is 23.8. The molecule has 0 radical (unpaired) electrons. The Kier molecular flexibility index (Phi) is 17.4. The standard InChI is InChI=1S/C35H51NO3/c1-4-5-6-7-8-9-10-11-12-13-14-15-16-17-18-19-26-39-32-22-20-30(21-23-32)27-31(29-36)34-28-33(37-2)24-25-35(34)38-3/h20-25,27-28H,4-19,26H2,1-3H3. The Morgan fingerprint density at radius 2 is 1.18 bits per heavy atom. The van der Waals surface area contributed by atoms with Gasteiger partial charge in [-0.1, -0.05) is 115 Å². The predicted octanol–water partition coefficient (Wildman–Crippen LogP) is 10.4. The summed E-state index contributed by atoms with van der Waals surface area (Å²) in [5.41, 5.74) is 2.17. The van der Waals surface area contributed by atoms with Gasteiger partial charge in [0.1, 0.15) is 17.2 Å². The second-order valence-corrected chi connectivity index (χ2v) is 10.5. The number of methoxy groups -OCH3 is 2. The maximum absolute atomic E-state index is 9.75. The molecule has 0 amide bonds. The van der Waals surface area contributed by atoms with Crippen LogP contribution in [0.2, 0.25) is 0 Å². The second-order valence-electron chi connectivity index (χ2n) is 10.5. The number of benzene rings is 2. The molecule has 0 aromatic heterocycles. The SMILES string of the molecule is CCCCCCCCCCCCCCCCCCOc1ccc(C=C(C#N)c2cc(OC)ccc2OC)cc1. The Balaban J connectivity index is 1.56. The van der Waals surface area contributed by atoms with Gasteiger partial charge in [-0.05, 0) is 48.4 Å². The molecular formula is C35H51NO3. The molecule has 214 valence electrons. The fourth-order valence-electron chi connectivity index (χ4n) is 4.86. The van der Waals surface area contributed by atoms with E-state index in [0.29, 0.717) is 22.6 Å². The minimum atomic E-state index is 0.521. The van der Waals surface area contributed by atoms with Crippen LogP contribution in [0.1, 0.15) is 121 Å². The van der Waals surface area contributed by atoms with Crippen LogP contribution in [0.3, 0.4) is 0 Å². The summed E-state index contributed by atoms with van der Waals surface area (Å²) in [6.45, 7) is 3.03. The van der Waals surface area contributed by atoms with Gasteiger partial charge in [-0.2, -0.15) is 5.26 Å². The van der Waals surface area contributed by atoms with Crippen molar-refractivity contribution in [1.29, 1.82) is 5.26 Å². The third-order valence-electron chi connectivity index (χ3n) is 7.27. The zero-order valence-corrected chi connectivity index (χ0v) is 24.8. The number of ether oxygens (including phenoxy) is 3. The first-order valence-corrected chi connectivity index (χ1v) is 15.3. The lowest BCUT2D eigenvalue weighted by atomic mass is 10.0. The van der Waals surface area contributed by atoms with E-state index in [1.165, 1.54) is 96.3 Å². The lowest BCUT2D eigenvalue weighted by Gasteiger charge is -2.10. The van der Waals surface area contributed by atoms with Crippen LogP contribution in [0.15, 0.2) is 42.5 Å². The highest BCUT2D eigenvalue weighted by atomic mass is 16.5. The fourth-order valence-corrected chi connectivity index (χ4v) is 4.86. The van der Waals surface area contributed by atoms with E-state index >= 15 is 0 Å². The molecule has 0 saturated carbocycles. The Bertz CT molecular complexity index is 974. The van der Waals surface area contributed by atoms with E-state index in [1.807, 2.05) is 48.5 Å². The molecule has 0 aliphatic rings. The third kappa shape index (κ3) is 13.6. The van der Waals surface area contributed by atoms with Crippen LogP contribution in [0.4, 0.5) is 0 Å². The summed E-state index contributed by atoms with van der Waals surface area (Å²) in [4.78, 5) is 0. The number of allylic oxidation sites excluding steroid dienone is 1. The van der Waals surface area contributed by atoms with Gasteiger partial charge in [0.25, 0.3) is 0 Å². The molecule has 2 aromatic rings. The normalized spacial score (nSPS) is 11.3. The van der Waals surface area contributed by atoms with E-state index in [4.69, 9.17) is 14.2 Å². The Labute approximate surface area is 238 Å². The van der Waals surface area contributed by atoms with Crippen molar-refractivity contribution in [3.63, 3.8) is 0 Å². The topological polar surface area (TPSA) is 51.5 Å². The highest BCUT2D eigenvalue weighted by Crippen LogP contribution is 2.31. The predicted molar refractivity (Wildman–Crippen MR) is 165 cm³/mol. The molecule has 0 atom stereocenters. The molecule has 0 saturated heterocycles. The number of hydrogen-bond acceptors (Lipinski definition) is 4. The smallest absolute Gasteiger partial charge is 0.127 e. The Hall–Kier alpha value is -2.93. The molecule has 0 fully saturated rings. The van der Waals surface area contributed by atoms with Gasteiger partial charge >= 0.3 is 0 Å². The minimum absolute atomic E-state index is 0.521. The summed E-state index contributed by atoms with van der Waals surface area (Å²) in [7, 11) is 3.21. The molecule has 0 aliphatic heterocycles. The van der Waals surface area contributed by atoms with Crippen LogP contribution < -0.4 is 14.2 Å². The van der Waals surface area contributed by atoms with Crippen molar-refractivity contribution in [1.82, 2.24) is 0 Å². The summed E-state index contributed by atoms with van der Waals surface area (Å²) >= 11 is 0. The van der Waals surface area contributed by atoms with E-state index < -0.39 is 0 Å². The molecule has 2 aromatic carbocycles. The molecular weight excluding hydrogens is 482 g/mol.